The average Bonchev–Trinajstić information content (AvgIpc) is 0.837. The van der Waals surface area contributed by atoms with Crippen LogP contribution in [0.3, 0.4) is 0 Å². The zero-order valence-electron chi connectivity index (χ0n) is 89.2. The Morgan fingerprint density at radius 1 is 0.178 bits per heavy atom. The molecule has 2 aliphatic carbocycles. The molecule has 0 radical (unpaired) electrons. The lowest BCUT2D eigenvalue weighted by atomic mass is 9.70. The van der Waals surface area contributed by atoms with Gasteiger partial charge in [-0.1, -0.05) is 406 Å². The summed E-state index contributed by atoms with van der Waals surface area (Å²) in [6.07, 6.45) is 35.5. The molecule has 10 heteroatoms. The van der Waals surface area contributed by atoms with Gasteiger partial charge in [0.25, 0.3) is 0 Å². The Bertz CT molecular complexity index is 7980. The van der Waals surface area contributed by atoms with E-state index in [-0.39, 0.29) is 10.8 Å². The van der Waals surface area contributed by atoms with Gasteiger partial charge in [0, 0.05) is 51.2 Å². The minimum absolute atomic E-state index is 0.150. The van der Waals surface area contributed by atoms with Crippen LogP contribution in [0.5, 0.6) is 0 Å². The fourth-order valence-electron chi connectivity index (χ4n) is 27.4. The summed E-state index contributed by atoms with van der Waals surface area (Å²) in [5.74, 6) is 0. The fourth-order valence-corrected chi connectivity index (χ4v) is 41.8. The van der Waals surface area contributed by atoms with Gasteiger partial charge < -0.3 is 0 Å². The Labute approximate surface area is 894 Å². The summed E-state index contributed by atoms with van der Waals surface area (Å²) < 4.78 is 6.34. The Morgan fingerprint density at radius 2 is 0.404 bits per heavy atom. The maximum absolute atomic E-state index is 2.78. The highest BCUT2D eigenvalue weighted by atomic mass is 32.1. The van der Waals surface area contributed by atoms with Gasteiger partial charge in [0.1, 0.15) is 0 Å². The van der Waals surface area contributed by atoms with E-state index in [1.54, 1.807) is 40.3 Å². The van der Waals surface area contributed by atoms with Crippen LogP contribution in [0.4, 0.5) is 0 Å². The maximum atomic E-state index is 2.78. The average molecular weight is 2080 g/mol. The summed E-state index contributed by atoms with van der Waals surface area (Å²) in [5.41, 5.74) is 22.7. The molecule has 0 aliphatic heterocycles. The van der Waals surface area contributed by atoms with E-state index in [4.69, 9.17) is 0 Å². The maximum Gasteiger partial charge on any atom is 0.0904 e. The van der Waals surface area contributed by atoms with Crippen molar-refractivity contribution < 1.29 is 0 Å². The topological polar surface area (TPSA) is 0 Å². The Balaban J connectivity index is 0.664. The molecule has 0 saturated carbocycles. The molecule has 0 atom stereocenters. The minimum atomic E-state index is -1.55. The number of benzene rings is 17. The summed E-state index contributed by atoms with van der Waals surface area (Å²) in [6.45, 7) is 39.6. The van der Waals surface area contributed by atoms with Crippen molar-refractivity contribution in [2.24, 2.45) is 0 Å². The molecule has 2 aliphatic rings. The number of rotatable bonds is 40. The first kappa shape index (κ1) is 97.3. The lowest BCUT2D eigenvalue weighted by molar-refractivity contribution is 0.398. The zero-order valence-corrected chi connectivity index (χ0v) is 98.1. The van der Waals surface area contributed by atoms with E-state index in [0.717, 1.165) is 25.7 Å². The van der Waals surface area contributed by atoms with Gasteiger partial charge in [-0.15, -0.1) is 68.0 Å². The third-order valence-corrected chi connectivity index (χ3v) is 56.4. The number of hydrogen-bond donors (Lipinski definition) is 0. The predicted octanol–water partition coefficient (Wildman–Crippen LogP) is 43.6. The first-order valence-electron chi connectivity index (χ1n) is 56.2. The molecular formula is C136H142S6Si4. The number of unbranched alkanes of at least 4 members (excludes halogenated alkanes) is 20. The van der Waals surface area contributed by atoms with Crippen LogP contribution in [0.1, 0.15) is 230 Å². The van der Waals surface area contributed by atoms with E-state index in [9.17, 15) is 0 Å². The van der Waals surface area contributed by atoms with Gasteiger partial charge in [0.15, 0.2) is 0 Å². The molecule has 23 aromatic rings. The van der Waals surface area contributed by atoms with Gasteiger partial charge in [0.05, 0.1) is 42.0 Å². The molecule has 738 valence electrons. The predicted molar refractivity (Wildman–Crippen MR) is 671 cm³/mol. The van der Waals surface area contributed by atoms with Gasteiger partial charge in [-0.05, 0) is 336 Å². The summed E-state index contributed by atoms with van der Waals surface area (Å²) in [6, 6.07) is 97.3. The van der Waals surface area contributed by atoms with Crippen molar-refractivity contribution in [2.45, 2.75) is 297 Å². The van der Waals surface area contributed by atoms with Gasteiger partial charge in [-0.25, -0.2) is 0 Å². The van der Waals surface area contributed by atoms with Crippen LogP contribution in [0, 0.1) is 0 Å². The lowest BCUT2D eigenvalue weighted by Crippen LogP contribution is -2.34. The van der Waals surface area contributed by atoms with Gasteiger partial charge in [-0.3, -0.25) is 0 Å². The summed E-state index contributed by atoms with van der Waals surface area (Å²) in [7, 11) is -6.18. The molecule has 0 bridgehead atoms. The van der Waals surface area contributed by atoms with E-state index in [2.05, 4.69) is 405 Å². The van der Waals surface area contributed by atoms with Crippen molar-refractivity contribution in [3.8, 4) is 106 Å². The van der Waals surface area contributed by atoms with Gasteiger partial charge in [-0.2, -0.15) is 0 Å². The molecule has 0 unspecified atom stereocenters. The quantitative estimate of drug-likeness (QED) is 0.0155. The van der Waals surface area contributed by atoms with Crippen LogP contribution >= 0.6 is 68.0 Å². The van der Waals surface area contributed by atoms with E-state index >= 15 is 0 Å². The van der Waals surface area contributed by atoms with Gasteiger partial charge >= 0.3 is 0 Å². The largest absolute Gasteiger partial charge is 0.145 e. The lowest BCUT2D eigenvalue weighted by Gasteiger charge is -2.33. The Morgan fingerprint density at radius 3 is 0.664 bits per heavy atom. The molecule has 0 saturated heterocycles. The highest BCUT2D eigenvalue weighted by molar-refractivity contribution is 7.33. The second kappa shape index (κ2) is 37.8. The second-order valence-corrected chi connectivity index (χ2v) is 76.7. The van der Waals surface area contributed by atoms with E-state index in [1.807, 2.05) is 0 Å². The normalized spacial score (nSPS) is 14.1. The first-order chi connectivity index (χ1) is 70.7. The first-order valence-corrected chi connectivity index (χ1v) is 75.1. The number of fused-ring (bicyclic) bond motifs is 12. The summed E-state index contributed by atoms with van der Waals surface area (Å²) in [5, 5.41) is 33.8. The molecule has 6 aromatic heterocycles. The summed E-state index contributed by atoms with van der Waals surface area (Å²) in [4.78, 5) is 11.4. The highest BCUT2D eigenvalue weighted by Crippen LogP contribution is 2.65. The minimum Gasteiger partial charge on any atom is -0.145 e. The van der Waals surface area contributed by atoms with Crippen molar-refractivity contribution in [3.05, 3.63) is 253 Å². The van der Waals surface area contributed by atoms with Crippen molar-refractivity contribution in [1.82, 2.24) is 0 Å². The van der Waals surface area contributed by atoms with E-state index < -0.39 is 32.3 Å². The SMILES string of the molecule is CCCCCCCCC1(CCCCCCCC)c2cc(-c3cc4c5cccc6c7cccc8c9cc(-c%10ccc%11c(c%10)C(CCCCCCCC)(CCCCCCCC)c%10cc(-c%12cc(-c%13ccc([Si](C)(C)C)s%13)c(-c%13ccc([Si](C)(C)C)s%13)s%12)ccc%10-%11)cc%10c%11cccc%12c%13cccc%14c(c3)c4c3c(c65)c(c78)c(c9%10)c(c%12%11)c3c%13%14)ccc2-c2ccc(-c3cc(-c4ccc([Si](C)(C)C)s4)c(-c4ccc([Si](C)(C)C)s4)s3)cc21. The Hall–Kier alpha value is -9.51. The standard InChI is InChI=1S/C136H142S6Si4/c1-17-21-25-29-33-37-69-135(70-38-34-30-26-22-18-2)107-77-83(53-57-89(107)91-59-55-85(79-109(91)135)115-81-105(111-61-65-117(137-111)143(5,6)7)133(141-115)113-63-67-119(139-113)145(11,12)13)87-73-101-97-49-41-45-93-95-47-43-51-99-103-75-88(76-104-100-52-44-48-96-94-46-42-50-98-102(74-87)125(101)131-127(121(93)97)129(123(95)99)132(126(103)104)130(124(96)100)128(131)122(94)98)84-54-58-90-92-60-56-86(80-110(92)136(108(90)78-84,71-39-35-31-27-23-19-3)72-40-36-32-28-24-20-4)116-82-106(112-62-66-118(138-112)144(8,9)10)134(142-116)114-64-68-120(140-114)146(14,15)16/h41-68,73-82H,17-40,69-72H2,1-16H3. The highest BCUT2D eigenvalue weighted by Gasteiger charge is 2.46. The zero-order chi connectivity index (χ0) is 99.9. The molecule has 0 amide bonds. The molecule has 6 heterocycles. The van der Waals surface area contributed by atoms with Crippen LogP contribution in [-0.4, -0.2) is 32.3 Å². The van der Waals surface area contributed by atoms with Crippen LogP contribution < -0.4 is 18.0 Å². The Kier molecular flexibility index (Phi) is 25.2. The monoisotopic (exact) mass is 2080 g/mol. The van der Waals surface area contributed by atoms with Crippen LogP contribution in [0.25, 0.3) is 235 Å². The van der Waals surface area contributed by atoms with Gasteiger partial charge in [0.2, 0.25) is 0 Å². The number of hydrogen-bond acceptors (Lipinski definition) is 6. The molecule has 0 nitrogen and oxygen atoms in total. The van der Waals surface area contributed by atoms with Crippen molar-refractivity contribution >= 4 is 248 Å². The van der Waals surface area contributed by atoms with Crippen molar-refractivity contribution in [2.75, 3.05) is 0 Å². The molecule has 0 N–H and O–H groups in total. The third-order valence-electron chi connectivity index (χ3n) is 34.9. The van der Waals surface area contributed by atoms with Crippen LogP contribution in [0.2, 0.25) is 78.6 Å². The third kappa shape index (κ3) is 16.0. The van der Waals surface area contributed by atoms with Crippen molar-refractivity contribution in [1.29, 1.82) is 0 Å². The molecule has 17 aromatic carbocycles. The van der Waals surface area contributed by atoms with Crippen LogP contribution in [0.15, 0.2) is 231 Å². The van der Waals surface area contributed by atoms with Crippen molar-refractivity contribution in [3.63, 3.8) is 0 Å². The molecule has 146 heavy (non-hydrogen) atoms. The molecule has 25 rings (SSSR count). The van der Waals surface area contributed by atoms with E-state index in [0.29, 0.717) is 0 Å². The molecular weight excluding hydrogens is 1940 g/mol. The smallest absolute Gasteiger partial charge is 0.0904 e. The summed E-state index contributed by atoms with van der Waals surface area (Å²) >= 11 is 12.4. The van der Waals surface area contributed by atoms with E-state index in [1.165, 1.54) is 389 Å². The number of thiophene rings is 6. The fraction of sp³-hybridized carbons (Fsp3) is 0.338. The molecule has 0 fully saturated rings. The van der Waals surface area contributed by atoms with Crippen LogP contribution in [-0.2, 0) is 10.8 Å². The second-order valence-electron chi connectivity index (χ2n) is 48.7. The molecule has 0 spiro atoms.